The summed E-state index contributed by atoms with van der Waals surface area (Å²) in [6.07, 6.45) is 1.28. The lowest BCUT2D eigenvalue weighted by atomic mass is 9.59. The lowest BCUT2D eigenvalue weighted by Crippen LogP contribution is -2.47. The van der Waals surface area contributed by atoms with Crippen LogP contribution in [0.4, 0.5) is 0 Å². The number of aliphatic carboxylic acids is 1. The van der Waals surface area contributed by atoms with E-state index in [0.29, 0.717) is 16.7 Å². The Hall–Kier alpha value is -3.64. The van der Waals surface area contributed by atoms with Crippen LogP contribution in [0.2, 0.25) is 0 Å². The second-order valence-corrected chi connectivity index (χ2v) is 10.8. The summed E-state index contributed by atoms with van der Waals surface area (Å²) in [5, 5.41) is 20.5. The summed E-state index contributed by atoms with van der Waals surface area (Å²) < 4.78 is 33.5. The number of fused-ring (bicyclic) bond motifs is 1. The van der Waals surface area contributed by atoms with Crippen LogP contribution in [0.25, 0.3) is 10.9 Å². The molecule has 3 aromatic rings. The van der Waals surface area contributed by atoms with Crippen molar-refractivity contribution < 1.29 is 27.9 Å². The van der Waals surface area contributed by atoms with Crippen molar-refractivity contribution in [3.05, 3.63) is 59.8 Å². The fraction of sp³-hybridized carbons (Fsp3) is 0.320. The highest BCUT2D eigenvalue weighted by molar-refractivity contribution is 7.90. The topological polar surface area (TPSA) is 126 Å². The van der Waals surface area contributed by atoms with Crippen molar-refractivity contribution in [1.82, 2.24) is 3.97 Å². The average molecular weight is 481 g/mol. The summed E-state index contributed by atoms with van der Waals surface area (Å²) in [7, 11) is -2.56. The number of carboxylic acids is 1. The summed E-state index contributed by atoms with van der Waals surface area (Å²) >= 11 is 0. The number of nitriles is 1. The molecule has 0 amide bonds. The Morgan fingerprint density at radius 3 is 2.44 bits per heavy atom. The van der Waals surface area contributed by atoms with Gasteiger partial charge in [0.2, 0.25) is 0 Å². The number of Topliss-reactive ketones (excluding diaryl/α,β-unsaturated/α-hetero) is 1. The minimum absolute atomic E-state index is 0.0632. The summed E-state index contributed by atoms with van der Waals surface area (Å²) in [6.45, 7) is 3.20. The van der Waals surface area contributed by atoms with E-state index in [0.717, 1.165) is 9.54 Å². The van der Waals surface area contributed by atoms with Gasteiger partial charge in [-0.2, -0.15) is 5.26 Å². The number of ether oxygens (including phenoxy) is 1. The molecule has 1 N–H and O–H groups in total. The Morgan fingerprint density at radius 2 is 1.85 bits per heavy atom. The molecule has 8 nitrogen and oxygen atoms in total. The van der Waals surface area contributed by atoms with Crippen LogP contribution in [0.1, 0.15) is 37.3 Å². The second kappa shape index (κ2) is 7.99. The van der Waals surface area contributed by atoms with Crippen LogP contribution in [0.5, 0.6) is 5.75 Å². The first-order valence-electron chi connectivity index (χ1n) is 10.7. The van der Waals surface area contributed by atoms with Crippen molar-refractivity contribution in [2.45, 2.75) is 43.4 Å². The molecule has 2 aromatic carbocycles. The molecule has 34 heavy (non-hydrogen) atoms. The Bertz CT molecular complexity index is 1470. The maximum atomic E-state index is 13.5. The zero-order chi connectivity index (χ0) is 24.9. The van der Waals surface area contributed by atoms with Gasteiger partial charge in [-0.05, 0) is 56.5 Å². The number of hydrogen-bond donors (Lipinski definition) is 1. The van der Waals surface area contributed by atoms with Gasteiger partial charge in [0.1, 0.15) is 22.5 Å². The molecule has 0 aliphatic heterocycles. The lowest BCUT2D eigenvalue weighted by Gasteiger charge is -2.39. The van der Waals surface area contributed by atoms with E-state index in [2.05, 4.69) is 6.07 Å². The zero-order valence-corrected chi connectivity index (χ0v) is 19.8. The molecule has 9 heteroatoms. The third-order valence-corrected chi connectivity index (χ3v) is 8.52. The summed E-state index contributed by atoms with van der Waals surface area (Å²) in [5.41, 5.74) is -1.35. The molecule has 0 radical (unpaired) electrons. The molecule has 0 spiro atoms. The first kappa shape index (κ1) is 23.5. The number of methoxy groups -OCH3 is 1. The van der Waals surface area contributed by atoms with Crippen LogP contribution in [0.15, 0.2) is 53.6 Å². The fourth-order valence-corrected chi connectivity index (χ4v) is 6.14. The number of aromatic nitrogens is 1. The number of benzene rings is 2. The molecular weight excluding hydrogens is 456 g/mol. The number of nitrogens with zero attached hydrogens (tertiary/aromatic N) is 2. The first-order chi connectivity index (χ1) is 16.0. The molecule has 1 aliphatic rings. The van der Waals surface area contributed by atoms with Gasteiger partial charge in [0.25, 0.3) is 10.0 Å². The van der Waals surface area contributed by atoms with Crippen LogP contribution in [-0.4, -0.2) is 36.4 Å². The molecule has 1 fully saturated rings. The maximum absolute atomic E-state index is 13.5. The molecule has 2 atom stereocenters. The highest BCUT2D eigenvalue weighted by Crippen LogP contribution is 2.49. The zero-order valence-electron chi connectivity index (χ0n) is 19.0. The standard InChI is InChI=1S/C25H24N2O6S/c1-16-4-6-17(7-5-16)34(31,32)27-13-11-18-19(8-9-20(33-3)22(18)27)25(15-26)12-10-21(28)24(2,14-25)23(29)30/h4-9,11,13H,10,12,14H2,1-3H3,(H,29,30). The molecule has 0 bridgehead atoms. The van der Waals surface area contributed by atoms with Crippen molar-refractivity contribution in [2.24, 2.45) is 5.41 Å². The van der Waals surface area contributed by atoms with E-state index >= 15 is 0 Å². The highest BCUT2D eigenvalue weighted by atomic mass is 32.2. The van der Waals surface area contributed by atoms with E-state index in [1.807, 2.05) is 6.92 Å². The van der Waals surface area contributed by atoms with Crippen molar-refractivity contribution in [3.8, 4) is 11.8 Å². The highest BCUT2D eigenvalue weighted by Gasteiger charge is 2.53. The van der Waals surface area contributed by atoms with Crippen molar-refractivity contribution >= 4 is 32.7 Å². The quantitative estimate of drug-likeness (QED) is 0.550. The van der Waals surface area contributed by atoms with Crippen LogP contribution < -0.4 is 4.74 Å². The molecule has 1 saturated carbocycles. The fourth-order valence-electron chi connectivity index (χ4n) is 4.78. The first-order valence-corrected chi connectivity index (χ1v) is 12.1. The summed E-state index contributed by atoms with van der Waals surface area (Å²) in [6, 6.07) is 13.5. The molecule has 0 saturated heterocycles. The average Bonchev–Trinajstić information content (AvgIpc) is 3.27. The SMILES string of the molecule is COc1ccc(C2(C#N)CCC(=O)C(C)(C(=O)O)C2)c2ccn(S(=O)(=O)c3ccc(C)cc3)c12. The van der Waals surface area contributed by atoms with E-state index in [1.165, 1.54) is 32.4 Å². The minimum Gasteiger partial charge on any atom is -0.495 e. The monoisotopic (exact) mass is 480 g/mol. The van der Waals surface area contributed by atoms with Crippen LogP contribution in [0.3, 0.4) is 0 Å². The van der Waals surface area contributed by atoms with Gasteiger partial charge in [-0.1, -0.05) is 23.8 Å². The number of rotatable bonds is 5. The summed E-state index contributed by atoms with van der Waals surface area (Å²) in [4.78, 5) is 24.5. The smallest absolute Gasteiger partial charge is 0.316 e. The van der Waals surface area contributed by atoms with Gasteiger partial charge in [-0.25, -0.2) is 12.4 Å². The van der Waals surface area contributed by atoms with E-state index in [9.17, 15) is 28.4 Å². The molecular formula is C25H24N2O6S. The third kappa shape index (κ3) is 3.37. The number of hydrogen-bond acceptors (Lipinski definition) is 6. The van der Waals surface area contributed by atoms with Crippen molar-refractivity contribution in [1.29, 1.82) is 5.26 Å². The number of carbonyl (C=O) groups is 2. The largest absolute Gasteiger partial charge is 0.495 e. The van der Waals surface area contributed by atoms with Crippen LogP contribution in [-0.2, 0) is 25.0 Å². The van der Waals surface area contributed by atoms with Crippen molar-refractivity contribution in [3.63, 3.8) is 0 Å². The van der Waals surface area contributed by atoms with Gasteiger partial charge in [-0.15, -0.1) is 0 Å². The van der Waals surface area contributed by atoms with Crippen LogP contribution >= 0.6 is 0 Å². The third-order valence-electron chi connectivity index (χ3n) is 6.83. The Kier molecular flexibility index (Phi) is 5.53. The molecule has 176 valence electrons. The van der Waals surface area contributed by atoms with Crippen molar-refractivity contribution in [2.75, 3.05) is 7.11 Å². The molecule has 1 heterocycles. The Balaban J connectivity index is 1.96. The molecule has 1 aliphatic carbocycles. The van der Waals surface area contributed by atoms with Gasteiger partial charge < -0.3 is 9.84 Å². The van der Waals surface area contributed by atoms with Gasteiger partial charge >= 0.3 is 5.97 Å². The number of ketones is 1. The molecule has 2 unspecified atom stereocenters. The minimum atomic E-state index is -3.99. The van der Waals surface area contributed by atoms with E-state index < -0.39 is 32.6 Å². The van der Waals surface area contributed by atoms with Crippen LogP contribution in [0, 0.1) is 23.7 Å². The van der Waals surface area contributed by atoms with Gasteiger partial charge in [0, 0.05) is 18.0 Å². The van der Waals surface area contributed by atoms with Gasteiger partial charge in [0.15, 0.2) is 0 Å². The Morgan fingerprint density at radius 1 is 1.18 bits per heavy atom. The lowest BCUT2D eigenvalue weighted by molar-refractivity contribution is -0.157. The Labute approximate surface area is 197 Å². The number of carboxylic acid groups (broad SMARTS) is 1. The molecule has 4 rings (SSSR count). The second-order valence-electron chi connectivity index (χ2n) is 8.94. The van der Waals surface area contributed by atoms with E-state index in [4.69, 9.17) is 4.74 Å². The van der Waals surface area contributed by atoms with Gasteiger partial charge in [0.05, 0.1) is 23.5 Å². The normalized spacial score (nSPS) is 22.9. The maximum Gasteiger partial charge on any atom is 0.316 e. The predicted octanol–water partition coefficient (Wildman–Crippen LogP) is 3.80. The van der Waals surface area contributed by atoms with E-state index in [1.54, 1.807) is 30.3 Å². The number of aryl methyl sites for hydroxylation is 1. The predicted molar refractivity (Wildman–Crippen MR) is 124 cm³/mol. The summed E-state index contributed by atoms with van der Waals surface area (Å²) in [5.74, 6) is -1.41. The molecule has 1 aromatic heterocycles. The number of carbonyl (C=O) groups excluding carboxylic acids is 1. The van der Waals surface area contributed by atoms with Gasteiger partial charge in [-0.3, -0.25) is 9.59 Å². The van der Waals surface area contributed by atoms with E-state index in [-0.39, 0.29) is 29.7 Å².